The minimum atomic E-state index is -1.94. The van der Waals surface area contributed by atoms with Crippen molar-refractivity contribution in [1.29, 1.82) is 0 Å². The Morgan fingerprint density at radius 1 is 1.08 bits per heavy atom. The molecule has 2 bridgehead atoms. The number of piperidine rings is 1. The van der Waals surface area contributed by atoms with Gasteiger partial charge < -0.3 is 29.3 Å². The van der Waals surface area contributed by atoms with Crippen LogP contribution in [-0.2, 0) is 33.4 Å². The molecule has 36 heavy (non-hydrogen) atoms. The molecule has 0 radical (unpaired) electrons. The zero-order valence-corrected chi connectivity index (χ0v) is 21.8. The molecule has 3 fully saturated rings. The first kappa shape index (κ1) is 28.5. The lowest BCUT2D eigenvalue weighted by Crippen LogP contribution is -2.63. The van der Waals surface area contributed by atoms with Crippen molar-refractivity contribution < 1.29 is 43.6 Å². The second-order valence-electron chi connectivity index (χ2n) is 11.1. The minimum absolute atomic E-state index is 0.0697. The maximum absolute atomic E-state index is 13.7. The third-order valence-electron chi connectivity index (χ3n) is 8.06. The lowest BCUT2D eigenvalue weighted by atomic mass is 9.67. The van der Waals surface area contributed by atoms with Crippen molar-refractivity contribution >= 4 is 23.6 Å². The number of methoxy groups -OCH3 is 1. The number of aliphatic hydroxyl groups is 2. The fourth-order valence-corrected chi connectivity index (χ4v) is 5.78. The van der Waals surface area contributed by atoms with Crippen LogP contribution in [0.2, 0.25) is 0 Å². The third kappa shape index (κ3) is 5.92. The van der Waals surface area contributed by atoms with E-state index in [1.165, 1.54) is 0 Å². The summed E-state index contributed by atoms with van der Waals surface area (Å²) in [7, 11) is 1.61. The first-order chi connectivity index (χ1) is 17.0. The number of ketones is 1. The summed E-state index contributed by atoms with van der Waals surface area (Å²) < 4.78 is 16.3. The zero-order chi connectivity index (χ0) is 26.6. The van der Waals surface area contributed by atoms with Crippen LogP contribution >= 0.6 is 0 Å². The average Bonchev–Trinajstić information content (AvgIpc) is 2.86. The topological polar surface area (TPSA) is 140 Å². The largest absolute Gasteiger partial charge is 0.464 e. The zero-order valence-electron chi connectivity index (χ0n) is 21.8. The summed E-state index contributed by atoms with van der Waals surface area (Å²) in [5.41, 5.74) is -1.94. The maximum atomic E-state index is 13.7. The SMILES string of the molecule is CO[C@@H](CC(C)C)[C@@H]1CC[C@@H](C)[C@](O)(C(=O)C(=O)N2[C@@H]3CCC[C@H]2C(=O)OCC(CO)COC3=O)C1. The van der Waals surface area contributed by atoms with Crippen LogP contribution in [0.25, 0.3) is 0 Å². The highest BCUT2D eigenvalue weighted by Gasteiger charge is 2.54. The van der Waals surface area contributed by atoms with Gasteiger partial charge in [0.2, 0.25) is 0 Å². The Bertz CT molecular complexity index is 802. The predicted octanol–water partition coefficient (Wildman–Crippen LogP) is 1.24. The molecule has 2 N–H and O–H groups in total. The van der Waals surface area contributed by atoms with Crippen LogP contribution in [0.15, 0.2) is 0 Å². The van der Waals surface area contributed by atoms with Crippen molar-refractivity contribution in [3.8, 4) is 0 Å². The standard InChI is InChI=1S/C26H41NO9/c1-15(2)10-21(34-4)18-9-8-16(3)26(33,11-18)22(29)23(30)27-19-6-5-7-20(27)25(32)36-14-17(12-28)13-35-24(19)31/h15-21,28,33H,5-14H2,1-4H3/t16-,17?,18-,19-,20+,21+,26+/m1/s1. The molecular weight excluding hydrogens is 470 g/mol. The van der Waals surface area contributed by atoms with Crippen molar-refractivity contribution in [2.75, 3.05) is 26.9 Å². The van der Waals surface area contributed by atoms with Gasteiger partial charge in [-0.25, -0.2) is 9.59 Å². The van der Waals surface area contributed by atoms with Crippen LogP contribution in [-0.4, -0.2) is 89.5 Å². The number of cyclic esters (lactones) is 2. The van der Waals surface area contributed by atoms with Gasteiger partial charge in [0.05, 0.1) is 31.8 Å². The monoisotopic (exact) mass is 511 g/mol. The van der Waals surface area contributed by atoms with E-state index in [9.17, 15) is 29.4 Å². The van der Waals surface area contributed by atoms with Crippen LogP contribution < -0.4 is 0 Å². The number of aliphatic hydroxyl groups excluding tert-OH is 1. The van der Waals surface area contributed by atoms with Gasteiger partial charge in [-0.2, -0.15) is 0 Å². The summed E-state index contributed by atoms with van der Waals surface area (Å²) >= 11 is 0. The van der Waals surface area contributed by atoms with Gasteiger partial charge in [-0.05, 0) is 62.7 Å². The molecular formula is C26H41NO9. The Morgan fingerprint density at radius 2 is 1.67 bits per heavy atom. The number of carbonyl (C=O) groups is 4. The fourth-order valence-electron chi connectivity index (χ4n) is 5.78. The fraction of sp³-hybridized carbons (Fsp3) is 0.846. The van der Waals surface area contributed by atoms with Gasteiger partial charge in [-0.3, -0.25) is 9.59 Å². The molecule has 1 amide bonds. The van der Waals surface area contributed by atoms with Crippen molar-refractivity contribution in [1.82, 2.24) is 4.90 Å². The van der Waals surface area contributed by atoms with Gasteiger partial charge in [-0.15, -0.1) is 0 Å². The molecule has 3 rings (SSSR count). The Kier molecular flexibility index (Phi) is 9.51. The average molecular weight is 512 g/mol. The molecule has 0 aromatic rings. The molecule has 1 unspecified atom stereocenters. The van der Waals surface area contributed by atoms with Crippen molar-refractivity contribution in [3.05, 3.63) is 0 Å². The van der Waals surface area contributed by atoms with Crippen LogP contribution in [0.1, 0.15) is 65.7 Å². The number of rotatable bonds is 7. The second-order valence-corrected chi connectivity index (χ2v) is 11.1. The minimum Gasteiger partial charge on any atom is -0.464 e. The third-order valence-corrected chi connectivity index (χ3v) is 8.06. The molecule has 0 aromatic carbocycles. The number of nitrogens with zero attached hydrogens (tertiary/aromatic N) is 1. The highest BCUT2D eigenvalue weighted by molar-refractivity contribution is 6.40. The van der Waals surface area contributed by atoms with Crippen LogP contribution in [0, 0.1) is 23.7 Å². The molecule has 10 nitrogen and oxygen atoms in total. The van der Waals surface area contributed by atoms with E-state index in [0.29, 0.717) is 18.8 Å². The molecule has 2 heterocycles. The summed E-state index contributed by atoms with van der Waals surface area (Å²) in [6.07, 6.45) is 2.88. The smallest absolute Gasteiger partial charge is 0.328 e. The number of amides is 1. The second kappa shape index (κ2) is 12.0. The molecule has 10 heteroatoms. The molecule has 1 aliphatic carbocycles. The number of hydrogen-bond acceptors (Lipinski definition) is 9. The molecule has 204 valence electrons. The number of carbonyl (C=O) groups excluding carboxylic acids is 4. The van der Waals surface area contributed by atoms with Gasteiger partial charge in [0.25, 0.3) is 11.7 Å². The van der Waals surface area contributed by atoms with E-state index >= 15 is 0 Å². The van der Waals surface area contributed by atoms with E-state index in [4.69, 9.17) is 14.2 Å². The van der Waals surface area contributed by atoms with Gasteiger partial charge in [0, 0.05) is 7.11 Å². The van der Waals surface area contributed by atoms with Gasteiger partial charge >= 0.3 is 11.9 Å². The van der Waals surface area contributed by atoms with E-state index in [0.717, 1.165) is 17.7 Å². The summed E-state index contributed by atoms with van der Waals surface area (Å²) in [4.78, 5) is 54.2. The molecule has 7 atom stereocenters. The van der Waals surface area contributed by atoms with E-state index in [-0.39, 0.29) is 51.1 Å². The summed E-state index contributed by atoms with van der Waals surface area (Å²) in [5, 5.41) is 21.1. The lowest BCUT2D eigenvalue weighted by Gasteiger charge is -2.45. The van der Waals surface area contributed by atoms with Crippen LogP contribution in [0.3, 0.4) is 0 Å². The lowest BCUT2D eigenvalue weighted by molar-refractivity contribution is -0.179. The first-order valence-corrected chi connectivity index (χ1v) is 13.1. The molecule has 1 saturated carbocycles. The highest BCUT2D eigenvalue weighted by Crippen LogP contribution is 2.42. The number of Topliss-reactive ketones (excluding diaryl/α,β-unsaturated/α-hetero) is 1. The molecule has 0 aromatic heterocycles. The number of fused-ring (bicyclic) bond motifs is 2. The first-order valence-electron chi connectivity index (χ1n) is 13.1. The van der Waals surface area contributed by atoms with Gasteiger partial charge in [0.15, 0.2) is 0 Å². The molecule has 3 aliphatic rings. The quantitative estimate of drug-likeness (QED) is 0.382. The number of hydrogen-bond donors (Lipinski definition) is 2. The maximum Gasteiger partial charge on any atom is 0.328 e. The van der Waals surface area contributed by atoms with E-state index in [1.807, 2.05) is 0 Å². The van der Waals surface area contributed by atoms with Crippen molar-refractivity contribution in [2.45, 2.75) is 89.5 Å². The Balaban J connectivity index is 1.88. The Hall–Kier alpha value is -2.04. The number of esters is 2. The highest BCUT2D eigenvalue weighted by atomic mass is 16.6. The van der Waals surface area contributed by atoms with Crippen molar-refractivity contribution in [3.63, 3.8) is 0 Å². The van der Waals surface area contributed by atoms with Gasteiger partial charge in [0.1, 0.15) is 17.7 Å². The molecule has 2 saturated heterocycles. The summed E-state index contributed by atoms with van der Waals surface area (Å²) in [6, 6.07) is -2.28. The van der Waals surface area contributed by atoms with E-state index < -0.39 is 53.1 Å². The Morgan fingerprint density at radius 3 is 2.17 bits per heavy atom. The van der Waals surface area contributed by atoms with E-state index in [1.54, 1.807) is 14.0 Å². The van der Waals surface area contributed by atoms with E-state index in [2.05, 4.69) is 13.8 Å². The summed E-state index contributed by atoms with van der Waals surface area (Å²) in [6.45, 7) is 5.22. The Labute approximate surface area is 212 Å². The number of ether oxygens (including phenoxy) is 3. The predicted molar refractivity (Wildman–Crippen MR) is 127 cm³/mol. The van der Waals surface area contributed by atoms with Crippen molar-refractivity contribution in [2.24, 2.45) is 23.7 Å². The van der Waals surface area contributed by atoms with Crippen LogP contribution in [0.4, 0.5) is 0 Å². The summed E-state index contributed by atoms with van der Waals surface area (Å²) in [5.74, 6) is -4.34. The van der Waals surface area contributed by atoms with Gasteiger partial charge in [-0.1, -0.05) is 20.8 Å². The molecule has 0 spiro atoms. The molecule has 2 aliphatic heterocycles. The van der Waals surface area contributed by atoms with Crippen LogP contribution in [0.5, 0.6) is 0 Å². The normalized spacial score (nSPS) is 34.5.